The molecule has 2 rings (SSSR count). The number of hydrogen-bond acceptors (Lipinski definition) is 5. The largest absolute Gasteiger partial charge is 0.454 e. The second-order valence-electron chi connectivity index (χ2n) is 9.59. The third-order valence-electron chi connectivity index (χ3n) is 6.48. The van der Waals surface area contributed by atoms with Gasteiger partial charge in [0.1, 0.15) is 15.5 Å². The van der Waals surface area contributed by atoms with Crippen molar-refractivity contribution in [3.63, 3.8) is 0 Å². The smallest absolute Gasteiger partial charge is 0.298 e. The number of unbranched alkanes of at least 4 members (excludes halogenated alkanes) is 13. The van der Waals surface area contributed by atoms with Gasteiger partial charge in [0.25, 0.3) is 20.2 Å². The summed E-state index contributed by atoms with van der Waals surface area (Å²) < 4.78 is 72.4. The van der Waals surface area contributed by atoms with Crippen LogP contribution in [-0.4, -0.2) is 85.1 Å². The van der Waals surface area contributed by atoms with E-state index in [-0.39, 0.29) is 70.6 Å². The Morgan fingerprint density at radius 3 is 1.51 bits per heavy atom. The normalized spacial score (nSPS) is 11.5. The van der Waals surface area contributed by atoms with Crippen LogP contribution in [0.1, 0.15) is 102 Å². The van der Waals surface area contributed by atoms with Crippen LogP contribution in [0.15, 0.2) is 52.3 Å². The van der Waals surface area contributed by atoms with E-state index >= 15 is 0 Å². The fourth-order valence-corrected chi connectivity index (χ4v) is 5.72. The molecule has 0 saturated heterocycles. The van der Waals surface area contributed by atoms with Gasteiger partial charge in [0.15, 0.2) is 5.75 Å². The maximum absolute atomic E-state index is 12.0. The molecule has 0 unspecified atom stereocenters. The van der Waals surface area contributed by atoms with Gasteiger partial charge in [0.2, 0.25) is 0 Å². The van der Waals surface area contributed by atoms with E-state index in [0.29, 0.717) is 12.0 Å². The summed E-state index contributed by atoms with van der Waals surface area (Å²) in [4.78, 5) is -0.928. The molecule has 0 spiro atoms. The average Bonchev–Trinajstić information content (AvgIpc) is 2.84. The van der Waals surface area contributed by atoms with E-state index in [9.17, 15) is 25.9 Å². The first kappa shape index (κ1) is 39.1. The molecule has 7 nitrogen and oxygen atoms in total. The summed E-state index contributed by atoms with van der Waals surface area (Å²) in [6, 6.07) is 9.82. The molecule has 0 heterocycles. The van der Waals surface area contributed by atoms with Gasteiger partial charge in [0.05, 0.1) is 0 Å². The Bertz CT molecular complexity index is 1170. The standard InChI is InChI=1S/C28H42O7S2.2Na/c1-2-3-4-5-6-7-8-9-10-11-12-13-14-15-19-24-20-18-23-27(37(32,33)34)28(24)35-25-21-16-17-22-26(25)36(29,30)31;;/h16-18,20-23H,2-15,19H2,1H3,(H,29,30,31)(H,32,33,34);;. The van der Waals surface area contributed by atoms with E-state index in [1.54, 1.807) is 6.07 Å². The average molecular weight is 601 g/mol. The number of benzene rings is 2. The summed E-state index contributed by atoms with van der Waals surface area (Å²) in [6.07, 6.45) is 17.7. The predicted octanol–water partition coefficient (Wildman–Crippen LogP) is 7.23. The molecule has 0 bridgehead atoms. The Labute approximate surface area is 280 Å². The summed E-state index contributed by atoms with van der Waals surface area (Å²) in [7, 11) is -9.21. The number of hydrogen-bond donors (Lipinski definition) is 2. The van der Waals surface area contributed by atoms with Crippen molar-refractivity contribution in [1.29, 1.82) is 0 Å². The van der Waals surface area contributed by atoms with Crippen LogP contribution in [0.25, 0.3) is 0 Å². The molecule has 0 fully saturated rings. The van der Waals surface area contributed by atoms with E-state index in [1.807, 2.05) is 0 Å². The van der Waals surface area contributed by atoms with Crippen molar-refractivity contribution in [1.82, 2.24) is 0 Å². The third kappa shape index (κ3) is 15.2. The van der Waals surface area contributed by atoms with Crippen molar-refractivity contribution >= 4 is 79.4 Å². The summed E-state index contributed by atoms with van der Waals surface area (Å²) >= 11 is 0. The first-order chi connectivity index (χ1) is 17.6. The molecule has 210 valence electrons. The Morgan fingerprint density at radius 1 is 0.590 bits per heavy atom. The minimum absolute atomic E-state index is 0. The molecule has 11 heteroatoms. The van der Waals surface area contributed by atoms with Crippen LogP contribution in [0.4, 0.5) is 0 Å². The Kier molecular flexibility index (Phi) is 20.9. The van der Waals surface area contributed by atoms with Crippen LogP contribution >= 0.6 is 0 Å². The third-order valence-corrected chi connectivity index (χ3v) is 8.25. The molecule has 2 aromatic carbocycles. The molecular weight excluding hydrogens is 558 g/mol. The van der Waals surface area contributed by atoms with Gasteiger partial charge in [0, 0.05) is 59.1 Å². The monoisotopic (exact) mass is 600 g/mol. The second kappa shape index (κ2) is 20.9. The van der Waals surface area contributed by atoms with Crippen LogP contribution in [0, 0.1) is 0 Å². The van der Waals surface area contributed by atoms with Gasteiger partial charge in [-0.3, -0.25) is 9.11 Å². The van der Waals surface area contributed by atoms with E-state index in [1.165, 1.54) is 94.5 Å². The van der Waals surface area contributed by atoms with Gasteiger partial charge in [-0.25, -0.2) is 0 Å². The molecule has 0 aliphatic rings. The topological polar surface area (TPSA) is 118 Å². The second-order valence-corrected chi connectivity index (χ2v) is 12.4. The first-order valence-electron chi connectivity index (χ1n) is 13.5. The van der Waals surface area contributed by atoms with Crippen LogP contribution in [0.2, 0.25) is 0 Å². The maximum atomic E-state index is 12.0. The van der Waals surface area contributed by atoms with Crippen LogP contribution in [0.5, 0.6) is 11.5 Å². The molecule has 2 radical (unpaired) electrons. The van der Waals surface area contributed by atoms with Crippen molar-refractivity contribution in [3.05, 3.63) is 48.0 Å². The van der Waals surface area contributed by atoms with E-state index in [4.69, 9.17) is 4.74 Å². The van der Waals surface area contributed by atoms with Crippen LogP contribution in [-0.2, 0) is 26.7 Å². The van der Waals surface area contributed by atoms with Crippen LogP contribution < -0.4 is 4.74 Å². The molecule has 39 heavy (non-hydrogen) atoms. The zero-order chi connectivity index (χ0) is 27.2. The zero-order valence-electron chi connectivity index (χ0n) is 23.9. The van der Waals surface area contributed by atoms with E-state index < -0.39 is 30.0 Å². The van der Waals surface area contributed by atoms with Gasteiger partial charge < -0.3 is 4.74 Å². The summed E-state index contributed by atoms with van der Waals surface area (Å²) in [5, 5.41) is 0. The van der Waals surface area contributed by atoms with Gasteiger partial charge >= 0.3 is 0 Å². The SMILES string of the molecule is CCCCCCCCCCCCCCCCc1cccc(S(=O)(=O)O)c1Oc1ccccc1S(=O)(=O)O.[Na].[Na]. The quantitative estimate of drug-likeness (QED) is 0.0992. The van der Waals surface area contributed by atoms with Gasteiger partial charge in [-0.05, 0) is 36.6 Å². The number of rotatable bonds is 19. The minimum Gasteiger partial charge on any atom is -0.454 e. The van der Waals surface area contributed by atoms with E-state index in [2.05, 4.69) is 6.92 Å². The molecule has 0 atom stereocenters. The molecular formula is C28H42Na2O7S2. The molecule has 2 aromatic rings. The van der Waals surface area contributed by atoms with Gasteiger partial charge in [-0.15, -0.1) is 0 Å². The predicted molar refractivity (Wildman–Crippen MR) is 158 cm³/mol. The number of para-hydroxylation sites is 2. The summed E-state index contributed by atoms with van der Waals surface area (Å²) in [5.74, 6) is -0.348. The van der Waals surface area contributed by atoms with Crippen molar-refractivity contribution in [3.8, 4) is 11.5 Å². The van der Waals surface area contributed by atoms with Gasteiger partial charge in [-0.1, -0.05) is 115 Å². The fraction of sp³-hybridized carbons (Fsp3) is 0.571. The van der Waals surface area contributed by atoms with Crippen molar-refractivity contribution in [2.75, 3.05) is 0 Å². The van der Waals surface area contributed by atoms with Crippen molar-refractivity contribution < 1.29 is 30.7 Å². The maximum Gasteiger partial charge on any atom is 0.298 e. The van der Waals surface area contributed by atoms with Crippen LogP contribution in [0.3, 0.4) is 0 Å². The molecule has 0 aromatic heterocycles. The van der Waals surface area contributed by atoms with Gasteiger partial charge in [-0.2, -0.15) is 16.8 Å². The molecule has 2 N–H and O–H groups in total. The fourth-order valence-electron chi connectivity index (χ4n) is 4.44. The minimum atomic E-state index is -4.62. The number of aryl methyl sites for hydroxylation is 1. The Hall–Kier alpha value is 0.0600. The Balaban J connectivity index is 0.00000722. The van der Waals surface area contributed by atoms with E-state index in [0.717, 1.165) is 31.7 Å². The van der Waals surface area contributed by atoms with Crippen molar-refractivity contribution in [2.45, 2.75) is 113 Å². The zero-order valence-corrected chi connectivity index (χ0v) is 29.5. The molecule has 0 aliphatic carbocycles. The molecule has 0 amide bonds. The first-order valence-corrected chi connectivity index (χ1v) is 16.4. The van der Waals surface area contributed by atoms with Crippen molar-refractivity contribution in [2.24, 2.45) is 0 Å². The molecule has 0 aliphatic heterocycles. The summed E-state index contributed by atoms with van der Waals surface area (Å²) in [6.45, 7) is 2.24. The summed E-state index contributed by atoms with van der Waals surface area (Å²) in [5.41, 5.74) is 0.541. The Morgan fingerprint density at radius 2 is 1.03 bits per heavy atom. The molecule has 0 saturated carbocycles. The number of ether oxygens (including phenoxy) is 1.